The minimum Gasteiger partial charge on any atom is -0.496 e. The van der Waals surface area contributed by atoms with Gasteiger partial charge in [-0.05, 0) is 73.8 Å². The van der Waals surface area contributed by atoms with Gasteiger partial charge in [-0.3, -0.25) is 14.4 Å². The van der Waals surface area contributed by atoms with Crippen LogP contribution >= 0.6 is 7.67 Å². The molecule has 0 saturated heterocycles. The molecule has 2 atom stereocenters. The van der Waals surface area contributed by atoms with Crippen LogP contribution in [0.25, 0.3) is 0 Å². The highest BCUT2D eigenvalue weighted by atomic mass is 31.2. The lowest BCUT2D eigenvalue weighted by Crippen LogP contribution is -2.44. The number of carbonyl (C=O) groups excluding carboxylic acids is 3. The molecule has 240 valence electrons. The highest BCUT2D eigenvalue weighted by Gasteiger charge is 2.40. The number of allylic oxidation sites excluding steroid dienone is 2. The summed E-state index contributed by atoms with van der Waals surface area (Å²) in [6.45, 7) is 12.9. The molecule has 0 saturated carbocycles. The predicted molar refractivity (Wildman–Crippen MR) is 157 cm³/mol. The van der Waals surface area contributed by atoms with Crippen LogP contribution < -0.4 is 19.4 Å². The van der Waals surface area contributed by atoms with Crippen LogP contribution in [0.1, 0.15) is 88.4 Å². The Morgan fingerprint density at radius 3 is 1.98 bits per heavy atom. The fraction of sp³-hybridized carbons (Fsp3) is 0.586. The molecular weight excluding hydrogens is 583 g/mol. The number of benzene rings is 1. The number of hydrogen-bond donors (Lipinski definition) is 3. The molecule has 0 aliphatic carbocycles. The number of nitrogens with one attached hydrogen (secondary N) is 2. The van der Waals surface area contributed by atoms with Gasteiger partial charge in [0, 0.05) is 17.5 Å². The number of esters is 3. The highest BCUT2D eigenvalue weighted by Crippen LogP contribution is 2.49. The first-order valence-corrected chi connectivity index (χ1v) is 15.6. The fourth-order valence-electron chi connectivity index (χ4n) is 4.30. The largest absolute Gasteiger partial charge is 0.496 e. The van der Waals surface area contributed by atoms with Crippen LogP contribution in [-0.2, 0) is 46.2 Å². The van der Waals surface area contributed by atoms with Gasteiger partial charge in [0.25, 0.3) is 0 Å². The molecule has 3 N–H and O–H groups in total. The van der Waals surface area contributed by atoms with Gasteiger partial charge in [0.15, 0.2) is 5.75 Å². The van der Waals surface area contributed by atoms with Crippen molar-refractivity contribution >= 4 is 31.5 Å². The first kappa shape index (κ1) is 35.8. The molecule has 0 fully saturated rings. The third-order valence-electron chi connectivity index (χ3n) is 6.37. The number of hydrogen-bond acceptors (Lipinski definition) is 10. The third kappa shape index (κ3) is 9.80. The number of carboxylic acids is 1. The summed E-state index contributed by atoms with van der Waals surface area (Å²) < 4.78 is 42.1. The monoisotopic (exact) mass is 626 g/mol. The van der Waals surface area contributed by atoms with Crippen LogP contribution in [0.15, 0.2) is 11.6 Å². The average Bonchev–Trinajstić information content (AvgIpc) is 3.28. The summed E-state index contributed by atoms with van der Waals surface area (Å²) in [5.74, 6) is -2.88. The number of carbonyl (C=O) groups is 4. The molecule has 1 aliphatic rings. The van der Waals surface area contributed by atoms with Crippen molar-refractivity contribution in [2.45, 2.75) is 106 Å². The first-order valence-electron chi connectivity index (χ1n) is 14.0. The number of ether oxygens (including phenoxy) is 4. The van der Waals surface area contributed by atoms with E-state index in [1.54, 1.807) is 47.6 Å². The predicted octanol–water partition coefficient (Wildman–Crippen LogP) is 4.37. The van der Waals surface area contributed by atoms with Crippen molar-refractivity contribution in [2.75, 3.05) is 7.11 Å². The number of carboxylic acid groups (broad SMARTS) is 1. The zero-order chi connectivity index (χ0) is 32.6. The zero-order valence-corrected chi connectivity index (χ0v) is 27.1. The first-order chi connectivity index (χ1) is 20.0. The zero-order valence-electron chi connectivity index (χ0n) is 26.2. The summed E-state index contributed by atoms with van der Waals surface area (Å²) in [5.41, 5.74) is 2.21. The van der Waals surface area contributed by atoms with Crippen molar-refractivity contribution in [3.05, 3.63) is 33.9 Å². The summed E-state index contributed by atoms with van der Waals surface area (Å²) in [7, 11) is -2.98. The Morgan fingerprint density at radius 1 is 0.977 bits per heavy atom. The summed E-state index contributed by atoms with van der Waals surface area (Å²) in [4.78, 5) is 49.4. The van der Waals surface area contributed by atoms with Gasteiger partial charge in [0.2, 0.25) is 0 Å². The molecule has 14 heteroatoms. The molecule has 1 heterocycles. The van der Waals surface area contributed by atoms with Gasteiger partial charge >= 0.3 is 31.5 Å². The van der Waals surface area contributed by atoms with Gasteiger partial charge in [-0.15, -0.1) is 0 Å². The molecule has 0 radical (unpaired) electrons. The van der Waals surface area contributed by atoms with E-state index in [9.17, 15) is 23.7 Å². The molecule has 43 heavy (non-hydrogen) atoms. The average molecular weight is 627 g/mol. The summed E-state index contributed by atoms with van der Waals surface area (Å²) in [6, 6.07) is -2.33. The van der Waals surface area contributed by atoms with Crippen LogP contribution in [0.5, 0.6) is 11.5 Å². The number of fused-ring (bicyclic) bond motifs is 1. The second-order valence-electron chi connectivity index (χ2n) is 10.9. The van der Waals surface area contributed by atoms with Gasteiger partial charge in [0.1, 0.15) is 30.0 Å². The Kier molecular flexibility index (Phi) is 12.8. The van der Waals surface area contributed by atoms with Crippen molar-refractivity contribution in [2.24, 2.45) is 0 Å². The molecule has 0 bridgehead atoms. The van der Waals surface area contributed by atoms with E-state index in [1.807, 2.05) is 0 Å². The maximum absolute atomic E-state index is 14.5. The second-order valence-corrected chi connectivity index (χ2v) is 12.7. The standard InChI is InChI=1S/C29H43N2O11P/c1-15(2)40-27(34)19(7)30-43(37,31-20(8)28(35)41-16(3)4)42-26-21(12-10-17(5)11-13-23(32)33)25(38-9)18(6)22-14-39-29(36)24(22)26/h10,15-16,19-20H,11-14H2,1-9H3,(H,32,33)(H2,30,31,37)/b17-10+/t19-,20-/m0/s1. The van der Waals surface area contributed by atoms with Crippen molar-refractivity contribution in [3.63, 3.8) is 0 Å². The summed E-state index contributed by atoms with van der Waals surface area (Å²) in [6.07, 6.45) is 1.18. The van der Waals surface area contributed by atoms with Crippen LogP contribution in [-0.4, -0.2) is 60.4 Å². The maximum Gasteiger partial charge on any atom is 0.391 e. The van der Waals surface area contributed by atoms with E-state index < -0.39 is 55.8 Å². The number of methoxy groups -OCH3 is 1. The smallest absolute Gasteiger partial charge is 0.391 e. The van der Waals surface area contributed by atoms with Crippen molar-refractivity contribution < 1.29 is 52.3 Å². The molecule has 13 nitrogen and oxygen atoms in total. The summed E-state index contributed by atoms with van der Waals surface area (Å²) >= 11 is 0. The SMILES string of the molecule is COc1c(C)c2c(c(OP(=O)(N[C@@H](C)C(=O)OC(C)C)N[C@@H](C)C(=O)OC(C)C)c1C/C=C(\C)CCC(=O)O)C(=O)OC2. The minimum atomic E-state index is -4.42. The van der Waals surface area contributed by atoms with E-state index in [2.05, 4.69) is 10.2 Å². The van der Waals surface area contributed by atoms with Crippen molar-refractivity contribution in [1.29, 1.82) is 0 Å². The third-order valence-corrected chi connectivity index (χ3v) is 8.27. The molecule has 1 aromatic carbocycles. The van der Waals surface area contributed by atoms with Crippen LogP contribution in [0, 0.1) is 6.92 Å². The van der Waals surface area contributed by atoms with Gasteiger partial charge in [-0.2, -0.15) is 0 Å². The van der Waals surface area contributed by atoms with Gasteiger partial charge in [-0.25, -0.2) is 19.5 Å². The molecule has 2 rings (SSSR count). The lowest BCUT2D eigenvalue weighted by atomic mass is 9.94. The normalized spacial score (nSPS) is 14.7. The topological polar surface area (TPSA) is 176 Å². The fourth-order valence-corrected chi connectivity index (χ4v) is 6.16. The Bertz CT molecular complexity index is 1270. The summed E-state index contributed by atoms with van der Waals surface area (Å²) in [5, 5.41) is 14.3. The number of aliphatic carboxylic acids is 1. The molecule has 1 aliphatic heterocycles. The van der Waals surface area contributed by atoms with Crippen molar-refractivity contribution in [3.8, 4) is 11.5 Å². The van der Waals surface area contributed by atoms with Gasteiger partial charge < -0.3 is 28.6 Å². The van der Waals surface area contributed by atoms with Gasteiger partial charge in [0.05, 0.1) is 19.3 Å². The molecule has 0 spiro atoms. The molecule has 1 aromatic rings. The van der Waals surface area contributed by atoms with E-state index >= 15 is 0 Å². The molecule has 0 amide bonds. The second kappa shape index (κ2) is 15.4. The maximum atomic E-state index is 14.5. The molecule has 0 unspecified atom stereocenters. The van der Waals surface area contributed by atoms with Crippen LogP contribution in [0.4, 0.5) is 0 Å². The molecular formula is C29H43N2O11P. The quantitative estimate of drug-likeness (QED) is 0.102. The Balaban J connectivity index is 2.69. The Labute approximate surface area is 252 Å². The number of rotatable bonds is 16. The van der Waals surface area contributed by atoms with E-state index in [1.165, 1.54) is 21.0 Å². The van der Waals surface area contributed by atoms with E-state index in [4.69, 9.17) is 28.6 Å². The highest BCUT2D eigenvalue weighted by molar-refractivity contribution is 7.55. The Morgan fingerprint density at radius 2 is 1.51 bits per heavy atom. The minimum absolute atomic E-state index is 0.0311. The Hall–Kier alpha value is -3.41. The lowest BCUT2D eigenvalue weighted by Gasteiger charge is -2.28. The van der Waals surface area contributed by atoms with Crippen LogP contribution in [0.2, 0.25) is 0 Å². The number of cyclic esters (lactones) is 1. The molecule has 0 aromatic heterocycles. The van der Waals surface area contributed by atoms with Crippen LogP contribution in [0.3, 0.4) is 0 Å². The van der Waals surface area contributed by atoms with E-state index in [0.717, 1.165) is 5.57 Å². The lowest BCUT2D eigenvalue weighted by molar-refractivity contribution is -0.149. The van der Waals surface area contributed by atoms with E-state index in [-0.39, 0.29) is 37.2 Å². The van der Waals surface area contributed by atoms with Gasteiger partial charge in [-0.1, -0.05) is 11.6 Å². The van der Waals surface area contributed by atoms with E-state index in [0.29, 0.717) is 22.4 Å². The van der Waals surface area contributed by atoms with Crippen molar-refractivity contribution in [1.82, 2.24) is 10.2 Å².